The zero-order valence-corrected chi connectivity index (χ0v) is 9.06. The van der Waals surface area contributed by atoms with Crippen LogP contribution in [0.3, 0.4) is 0 Å². The molecule has 0 saturated carbocycles. The summed E-state index contributed by atoms with van der Waals surface area (Å²) in [6, 6.07) is 0. The average molecular weight is 168 g/mol. The van der Waals surface area contributed by atoms with Crippen LogP contribution in [0.5, 0.6) is 0 Å². The van der Waals surface area contributed by atoms with Crippen LogP contribution in [0.2, 0.25) is 5.82 Å². The molecular weight excluding hydrogens is 145 g/mol. The van der Waals surface area contributed by atoms with Gasteiger partial charge in [-0.15, -0.1) is 0 Å². The zero-order valence-electron chi connectivity index (χ0n) is 9.06. The molecule has 0 aliphatic rings. The third kappa shape index (κ3) is 6.72. The van der Waals surface area contributed by atoms with Gasteiger partial charge in [0.1, 0.15) is 7.28 Å². The predicted octanol–water partition coefficient (Wildman–Crippen LogP) is 2.77. The van der Waals surface area contributed by atoms with E-state index in [4.69, 9.17) is 5.73 Å². The molecular formula is C10H23BN. The van der Waals surface area contributed by atoms with Crippen molar-refractivity contribution in [1.82, 2.24) is 0 Å². The molecule has 1 radical (unpaired) electrons. The van der Waals surface area contributed by atoms with E-state index in [0.717, 1.165) is 0 Å². The van der Waals surface area contributed by atoms with Crippen LogP contribution in [0.4, 0.5) is 0 Å². The van der Waals surface area contributed by atoms with Gasteiger partial charge < -0.3 is 5.73 Å². The smallest absolute Gasteiger partial charge is 0.139 e. The van der Waals surface area contributed by atoms with Crippen LogP contribution in [-0.4, -0.2) is 12.7 Å². The molecule has 0 heterocycles. The van der Waals surface area contributed by atoms with Crippen LogP contribution < -0.4 is 5.73 Å². The van der Waals surface area contributed by atoms with Gasteiger partial charge in [-0.2, -0.15) is 0 Å². The summed E-state index contributed by atoms with van der Waals surface area (Å²) in [4.78, 5) is 0. The first-order chi connectivity index (χ1) is 5.49. The fourth-order valence-corrected chi connectivity index (χ4v) is 1.48. The first-order valence-electron chi connectivity index (χ1n) is 5.14. The average Bonchev–Trinajstić information content (AvgIpc) is 1.95. The van der Waals surface area contributed by atoms with Gasteiger partial charge in [0.15, 0.2) is 0 Å². The van der Waals surface area contributed by atoms with Crippen molar-refractivity contribution >= 4 is 7.28 Å². The molecule has 0 fully saturated rings. The second-order valence-electron chi connectivity index (χ2n) is 4.30. The van der Waals surface area contributed by atoms with Crippen molar-refractivity contribution in [2.75, 3.05) is 0 Å². The molecule has 0 aliphatic carbocycles. The highest BCUT2D eigenvalue weighted by Crippen LogP contribution is 2.20. The third-order valence-electron chi connectivity index (χ3n) is 2.12. The van der Waals surface area contributed by atoms with Gasteiger partial charge in [0.2, 0.25) is 0 Å². The summed E-state index contributed by atoms with van der Waals surface area (Å²) in [5.74, 6) is 0.713. The van der Waals surface area contributed by atoms with Crippen molar-refractivity contribution in [3.63, 3.8) is 0 Å². The number of unbranched alkanes of at least 4 members (excludes halogenated alkanes) is 1. The van der Waals surface area contributed by atoms with E-state index >= 15 is 0 Å². The highest BCUT2D eigenvalue weighted by molar-refractivity contribution is 6.41. The lowest BCUT2D eigenvalue weighted by Gasteiger charge is -2.23. The van der Waals surface area contributed by atoms with Crippen molar-refractivity contribution < 1.29 is 0 Å². The van der Waals surface area contributed by atoms with Gasteiger partial charge in [0.25, 0.3) is 0 Å². The van der Waals surface area contributed by atoms with Crippen molar-refractivity contribution in [3.8, 4) is 0 Å². The van der Waals surface area contributed by atoms with Crippen LogP contribution in [0.25, 0.3) is 0 Å². The molecule has 0 rings (SSSR count). The minimum Gasteiger partial charge on any atom is -0.333 e. The van der Waals surface area contributed by atoms with Crippen LogP contribution in [0, 0.1) is 0 Å². The molecule has 2 heteroatoms. The summed E-state index contributed by atoms with van der Waals surface area (Å²) in [5.41, 5.74) is 5.83. The highest BCUT2D eigenvalue weighted by Gasteiger charge is 2.18. The van der Waals surface area contributed by atoms with Crippen molar-refractivity contribution in [1.29, 1.82) is 0 Å². The summed E-state index contributed by atoms with van der Waals surface area (Å²) in [6.45, 7) is 8.62. The van der Waals surface area contributed by atoms with E-state index in [2.05, 4.69) is 35.0 Å². The molecule has 0 saturated heterocycles. The molecule has 0 amide bonds. The molecule has 0 aromatic rings. The maximum atomic E-state index is 5.93. The normalized spacial score (nSPS) is 14.4. The Kier molecular flexibility index (Phi) is 5.64. The topological polar surface area (TPSA) is 26.0 Å². The molecule has 0 spiro atoms. The van der Waals surface area contributed by atoms with E-state index < -0.39 is 0 Å². The van der Waals surface area contributed by atoms with E-state index in [1.807, 2.05) is 0 Å². The third-order valence-corrected chi connectivity index (χ3v) is 2.12. The molecule has 1 atom stereocenters. The second-order valence-corrected chi connectivity index (χ2v) is 4.30. The Morgan fingerprint density at radius 2 is 1.92 bits per heavy atom. The summed E-state index contributed by atoms with van der Waals surface area (Å²) in [6.07, 6.45) is 5.13. The molecule has 12 heavy (non-hydrogen) atoms. The lowest BCUT2D eigenvalue weighted by atomic mass is 9.50. The molecule has 0 aromatic heterocycles. The first kappa shape index (κ1) is 12.0. The standard InChI is InChI=1S/C10H23BN/c1-5-7-8-9(6-2)11-10(3,4)12/h9H,5-8,12H2,1-4H3. The molecule has 1 nitrogen and oxygen atoms in total. The summed E-state index contributed by atoms with van der Waals surface area (Å²) in [5, 5.41) is 0. The Balaban J connectivity index is 3.67. The Morgan fingerprint density at radius 3 is 2.25 bits per heavy atom. The van der Waals surface area contributed by atoms with Gasteiger partial charge in [-0.3, -0.25) is 0 Å². The Labute approximate surface area is 78.4 Å². The maximum Gasteiger partial charge on any atom is 0.139 e. The SMILES string of the molecule is CCCCC([B]C(C)(C)N)CC. The van der Waals surface area contributed by atoms with Gasteiger partial charge in [-0.05, 0) is 5.44 Å². The Morgan fingerprint density at radius 1 is 1.33 bits per heavy atom. The summed E-state index contributed by atoms with van der Waals surface area (Å²) >= 11 is 0. The number of hydrogen-bond acceptors (Lipinski definition) is 1. The number of rotatable bonds is 6. The van der Waals surface area contributed by atoms with Crippen LogP contribution in [0.1, 0.15) is 53.4 Å². The van der Waals surface area contributed by atoms with Crippen molar-refractivity contribution in [3.05, 3.63) is 0 Å². The van der Waals surface area contributed by atoms with E-state index in [-0.39, 0.29) is 5.44 Å². The lowest BCUT2D eigenvalue weighted by molar-refractivity contribution is 0.620. The van der Waals surface area contributed by atoms with Gasteiger partial charge in [0.05, 0.1) is 0 Å². The van der Waals surface area contributed by atoms with Gasteiger partial charge in [0, 0.05) is 0 Å². The fourth-order valence-electron chi connectivity index (χ4n) is 1.48. The van der Waals surface area contributed by atoms with E-state index in [1.54, 1.807) is 0 Å². The second kappa shape index (κ2) is 5.63. The van der Waals surface area contributed by atoms with Crippen LogP contribution in [0.15, 0.2) is 0 Å². The molecule has 0 bridgehead atoms. The quantitative estimate of drug-likeness (QED) is 0.606. The Bertz CT molecular complexity index is 107. The van der Waals surface area contributed by atoms with Gasteiger partial charge >= 0.3 is 0 Å². The maximum absolute atomic E-state index is 5.93. The molecule has 0 aliphatic heterocycles. The zero-order chi connectivity index (χ0) is 9.61. The highest BCUT2D eigenvalue weighted by atomic mass is 14.6. The molecule has 1 unspecified atom stereocenters. The summed E-state index contributed by atoms with van der Waals surface area (Å²) in [7, 11) is 2.29. The monoisotopic (exact) mass is 168 g/mol. The van der Waals surface area contributed by atoms with E-state index in [1.165, 1.54) is 25.7 Å². The predicted molar refractivity (Wildman–Crippen MR) is 57.6 cm³/mol. The Hall–Kier alpha value is 0.0249. The largest absolute Gasteiger partial charge is 0.333 e. The minimum atomic E-state index is -0.103. The fraction of sp³-hybridized carbons (Fsp3) is 1.00. The van der Waals surface area contributed by atoms with Gasteiger partial charge in [-0.1, -0.05) is 59.2 Å². The molecule has 71 valence electrons. The summed E-state index contributed by atoms with van der Waals surface area (Å²) < 4.78 is 0. The van der Waals surface area contributed by atoms with Gasteiger partial charge in [-0.25, -0.2) is 0 Å². The molecule has 2 N–H and O–H groups in total. The minimum absolute atomic E-state index is 0.103. The van der Waals surface area contributed by atoms with Crippen molar-refractivity contribution in [2.24, 2.45) is 5.73 Å². The lowest BCUT2D eigenvalue weighted by Crippen LogP contribution is -2.41. The van der Waals surface area contributed by atoms with E-state index in [9.17, 15) is 0 Å². The molecule has 0 aromatic carbocycles. The van der Waals surface area contributed by atoms with Crippen LogP contribution in [-0.2, 0) is 0 Å². The van der Waals surface area contributed by atoms with Crippen LogP contribution >= 0.6 is 0 Å². The first-order valence-corrected chi connectivity index (χ1v) is 5.14. The number of nitrogens with two attached hydrogens (primary N) is 1. The van der Waals surface area contributed by atoms with E-state index in [0.29, 0.717) is 5.82 Å². The van der Waals surface area contributed by atoms with Crippen molar-refractivity contribution in [2.45, 2.75) is 64.6 Å². The number of hydrogen-bond donors (Lipinski definition) is 1.